The van der Waals surface area contributed by atoms with Crippen LogP contribution >= 0.6 is 0 Å². The number of fused-ring (bicyclic) bond motifs is 1. The zero-order valence-electron chi connectivity index (χ0n) is 8.11. The summed E-state index contributed by atoms with van der Waals surface area (Å²) in [6, 6.07) is 1.32. The molecule has 0 unspecified atom stereocenters. The van der Waals surface area contributed by atoms with Gasteiger partial charge in [-0.2, -0.15) is 0 Å². The fourth-order valence-electron chi connectivity index (χ4n) is 1.61. The summed E-state index contributed by atoms with van der Waals surface area (Å²) in [7, 11) is 0. The van der Waals surface area contributed by atoms with Gasteiger partial charge in [0.05, 0.1) is 12.2 Å². The van der Waals surface area contributed by atoms with Crippen molar-refractivity contribution in [1.29, 1.82) is 0 Å². The van der Waals surface area contributed by atoms with Crippen LogP contribution in [0, 0.1) is 6.92 Å². The maximum absolute atomic E-state index is 11.0. The normalized spacial score (nSPS) is 25.4. The lowest BCUT2D eigenvalue weighted by Crippen LogP contribution is -2.35. The summed E-state index contributed by atoms with van der Waals surface area (Å²) >= 11 is 0. The molecule has 0 aromatic carbocycles. The van der Waals surface area contributed by atoms with E-state index in [0.717, 1.165) is 5.56 Å². The summed E-state index contributed by atoms with van der Waals surface area (Å²) in [5, 5.41) is 9.57. The van der Waals surface area contributed by atoms with Crippen molar-refractivity contribution in [2.75, 3.05) is 0 Å². The molecule has 1 aromatic heterocycles. The van der Waals surface area contributed by atoms with Gasteiger partial charge in [-0.05, 0) is 13.8 Å². The van der Waals surface area contributed by atoms with Gasteiger partial charge in [0.1, 0.15) is 17.6 Å². The zero-order valence-corrected chi connectivity index (χ0v) is 8.11. The number of hydrogen-bond donors (Lipinski definition) is 1. The third-order valence-electron chi connectivity index (χ3n) is 2.49. The Bertz CT molecular complexity index is 407. The lowest BCUT2D eigenvalue weighted by Gasteiger charge is -2.27. The molecule has 1 aliphatic heterocycles. The highest BCUT2D eigenvalue weighted by Crippen LogP contribution is 2.28. The van der Waals surface area contributed by atoms with E-state index in [9.17, 15) is 9.90 Å². The Morgan fingerprint density at radius 2 is 2.29 bits per heavy atom. The first-order valence-corrected chi connectivity index (χ1v) is 4.56. The summed E-state index contributed by atoms with van der Waals surface area (Å²) < 4.78 is 10.3. The zero-order chi connectivity index (χ0) is 10.3. The molecular formula is C10H12O4. The molecule has 0 spiro atoms. The van der Waals surface area contributed by atoms with Crippen molar-refractivity contribution >= 4 is 0 Å². The van der Waals surface area contributed by atoms with E-state index < -0.39 is 11.7 Å². The molecule has 2 heterocycles. The second kappa shape index (κ2) is 3.13. The molecule has 0 aliphatic carbocycles. The van der Waals surface area contributed by atoms with Crippen molar-refractivity contribution in [3.05, 3.63) is 27.8 Å². The second-order valence-electron chi connectivity index (χ2n) is 3.56. The van der Waals surface area contributed by atoms with Gasteiger partial charge in [0.2, 0.25) is 0 Å². The Balaban J connectivity index is 2.52. The average molecular weight is 196 g/mol. The molecule has 4 heteroatoms. The molecular weight excluding hydrogens is 184 g/mol. The number of rotatable bonds is 0. The first-order chi connectivity index (χ1) is 6.58. The van der Waals surface area contributed by atoms with Crippen LogP contribution in [0.5, 0.6) is 5.75 Å². The van der Waals surface area contributed by atoms with Gasteiger partial charge in [0.15, 0.2) is 0 Å². The van der Waals surface area contributed by atoms with Gasteiger partial charge in [-0.3, -0.25) is 0 Å². The van der Waals surface area contributed by atoms with E-state index in [1.54, 1.807) is 13.8 Å². The van der Waals surface area contributed by atoms with Crippen LogP contribution in [0.4, 0.5) is 0 Å². The van der Waals surface area contributed by atoms with Gasteiger partial charge in [0, 0.05) is 12.0 Å². The van der Waals surface area contributed by atoms with Crippen LogP contribution in [0.2, 0.25) is 0 Å². The van der Waals surface area contributed by atoms with Crippen molar-refractivity contribution in [3.8, 4) is 5.75 Å². The average Bonchev–Trinajstić information content (AvgIpc) is 2.08. The topological polar surface area (TPSA) is 59.7 Å². The highest BCUT2D eigenvalue weighted by Gasteiger charge is 2.27. The van der Waals surface area contributed by atoms with Crippen LogP contribution in [0.3, 0.4) is 0 Å². The SMILES string of the molecule is Cc1oc(=O)cc2c1C[C@H](O)[C@@H](C)O2. The van der Waals surface area contributed by atoms with Crippen LogP contribution < -0.4 is 10.4 Å². The highest BCUT2D eigenvalue weighted by molar-refractivity contribution is 5.36. The van der Waals surface area contributed by atoms with Gasteiger partial charge >= 0.3 is 5.63 Å². The minimum atomic E-state index is -0.533. The Morgan fingerprint density at radius 1 is 1.57 bits per heavy atom. The Morgan fingerprint density at radius 3 is 3.00 bits per heavy atom. The number of ether oxygens (including phenoxy) is 1. The number of aliphatic hydroxyl groups is 1. The van der Waals surface area contributed by atoms with Gasteiger partial charge in [-0.15, -0.1) is 0 Å². The van der Waals surface area contributed by atoms with Crippen LogP contribution in [0.15, 0.2) is 15.3 Å². The van der Waals surface area contributed by atoms with Gasteiger partial charge < -0.3 is 14.3 Å². The van der Waals surface area contributed by atoms with Crippen LogP contribution in [-0.4, -0.2) is 17.3 Å². The lowest BCUT2D eigenvalue weighted by atomic mass is 10.0. The quantitative estimate of drug-likeness (QED) is 0.661. The van der Waals surface area contributed by atoms with E-state index in [2.05, 4.69) is 0 Å². The number of hydrogen-bond acceptors (Lipinski definition) is 4. The monoisotopic (exact) mass is 196 g/mol. The first kappa shape index (κ1) is 9.27. The number of aliphatic hydroxyl groups excluding tert-OH is 1. The minimum absolute atomic E-state index is 0.274. The standard InChI is InChI=1S/C10H12O4/c1-5-7-3-8(11)6(2)13-9(7)4-10(12)14-5/h4,6,8,11H,3H2,1-2H3/t6-,8+/m1/s1. The fourth-order valence-corrected chi connectivity index (χ4v) is 1.61. The molecule has 0 amide bonds. The van der Waals surface area contributed by atoms with Gasteiger partial charge in [0.25, 0.3) is 0 Å². The molecule has 2 atom stereocenters. The van der Waals surface area contributed by atoms with Crippen molar-refractivity contribution in [3.63, 3.8) is 0 Å². The Labute approximate surface area is 81.1 Å². The second-order valence-corrected chi connectivity index (χ2v) is 3.56. The minimum Gasteiger partial charge on any atom is -0.487 e. The van der Waals surface area contributed by atoms with Crippen molar-refractivity contribution in [1.82, 2.24) is 0 Å². The van der Waals surface area contributed by atoms with E-state index in [4.69, 9.17) is 9.15 Å². The largest absolute Gasteiger partial charge is 0.487 e. The summed E-state index contributed by atoms with van der Waals surface area (Å²) in [6.07, 6.45) is -0.329. The predicted octanol–water partition coefficient (Wildman–Crippen LogP) is 0.633. The fraction of sp³-hybridized carbons (Fsp3) is 0.500. The van der Waals surface area contributed by atoms with Gasteiger partial charge in [-0.25, -0.2) is 4.79 Å². The van der Waals surface area contributed by atoms with Gasteiger partial charge in [-0.1, -0.05) is 0 Å². The molecule has 0 bridgehead atoms. The molecule has 14 heavy (non-hydrogen) atoms. The van der Waals surface area contributed by atoms with Crippen LogP contribution in [0.1, 0.15) is 18.2 Å². The van der Waals surface area contributed by atoms with Crippen molar-refractivity contribution < 1.29 is 14.3 Å². The maximum Gasteiger partial charge on any atom is 0.339 e. The van der Waals surface area contributed by atoms with E-state index >= 15 is 0 Å². The Kier molecular flexibility index (Phi) is 2.07. The third kappa shape index (κ3) is 1.42. The highest BCUT2D eigenvalue weighted by atomic mass is 16.5. The molecule has 1 N–H and O–H groups in total. The molecule has 76 valence electrons. The summed E-state index contributed by atoms with van der Waals surface area (Å²) in [4.78, 5) is 11.0. The third-order valence-corrected chi connectivity index (χ3v) is 2.49. The molecule has 0 radical (unpaired) electrons. The molecule has 1 aliphatic rings. The summed E-state index contributed by atoms with van der Waals surface area (Å²) in [5.41, 5.74) is 0.375. The maximum atomic E-state index is 11.0. The van der Waals surface area contributed by atoms with Crippen molar-refractivity contribution in [2.24, 2.45) is 0 Å². The first-order valence-electron chi connectivity index (χ1n) is 4.56. The smallest absolute Gasteiger partial charge is 0.339 e. The predicted molar refractivity (Wildman–Crippen MR) is 49.5 cm³/mol. The van der Waals surface area contributed by atoms with Crippen LogP contribution in [-0.2, 0) is 6.42 Å². The van der Waals surface area contributed by atoms with E-state index in [-0.39, 0.29) is 6.10 Å². The molecule has 0 saturated heterocycles. The van der Waals surface area contributed by atoms with Crippen LogP contribution in [0.25, 0.3) is 0 Å². The van der Waals surface area contributed by atoms with Crippen molar-refractivity contribution in [2.45, 2.75) is 32.5 Å². The molecule has 0 fully saturated rings. The lowest BCUT2D eigenvalue weighted by molar-refractivity contribution is 0.0311. The summed E-state index contributed by atoms with van der Waals surface area (Å²) in [6.45, 7) is 3.48. The number of aryl methyl sites for hydroxylation is 1. The van der Waals surface area contributed by atoms with E-state index in [0.29, 0.717) is 17.9 Å². The molecule has 4 nitrogen and oxygen atoms in total. The summed E-state index contributed by atoms with van der Waals surface area (Å²) in [5.74, 6) is 1.06. The molecule has 0 saturated carbocycles. The van der Waals surface area contributed by atoms with E-state index in [1.165, 1.54) is 6.07 Å². The molecule has 2 rings (SSSR count). The molecule has 1 aromatic rings. The Hall–Kier alpha value is -1.29. The van der Waals surface area contributed by atoms with E-state index in [1.807, 2.05) is 0 Å².